The average Bonchev–Trinajstić information content (AvgIpc) is 2.58. The van der Waals surface area contributed by atoms with Crippen LogP contribution in [0.4, 0.5) is 13.2 Å². The van der Waals surface area contributed by atoms with Crippen molar-refractivity contribution >= 4 is 29.9 Å². The van der Waals surface area contributed by atoms with Crippen molar-refractivity contribution in [1.29, 1.82) is 0 Å². The molecule has 10 heteroatoms. The Morgan fingerprint density at radius 1 is 1.28 bits per heavy atom. The summed E-state index contributed by atoms with van der Waals surface area (Å²) < 4.78 is 51.7. The van der Waals surface area contributed by atoms with Gasteiger partial charge in [0.2, 0.25) is 0 Å². The summed E-state index contributed by atoms with van der Waals surface area (Å²) in [6.45, 7) is 1.50. The Morgan fingerprint density at radius 2 is 1.96 bits per heavy atom. The smallest absolute Gasteiger partial charge is 0.422 e. The lowest BCUT2D eigenvalue weighted by molar-refractivity contribution is -0.153. The highest BCUT2D eigenvalue weighted by molar-refractivity contribution is 14.0. The summed E-state index contributed by atoms with van der Waals surface area (Å²) in [5, 5.41) is 0. The van der Waals surface area contributed by atoms with Crippen LogP contribution in [0, 0.1) is 0 Å². The molecule has 0 bridgehead atoms. The summed E-state index contributed by atoms with van der Waals surface area (Å²) in [6, 6.07) is 4.65. The van der Waals surface area contributed by atoms with E-state index >= 15 is 0 Å². The number of halogens is 4. The first-order valence-corrected chi connectivity index (χ1v) is 7.38. The third kappa shape index (κ3) is 7.14. The van der Waals surface area contributed by atoms with Crippen LogP contribution in [-0.2, 0) is 11.3 Å². The van der Waals surface area contributed by atoms with Crippen LogP contribution in [0.3, 0.4) is 0 Å². The lowest BCUT2D eigenvalue weighted by Gasteiger charge is -2.27. The van der Waals surface area contributed by atoms with Crippen molar-refractivity contribution in [3.05, 3.63) is 23.8 Å². The van der Waals surface area contributed by atoms with Crippen LogP contribution in [0.15, 0.2) is 23.2 Å². The SMILES string of the molecule is COc1cc(CN=C(N)N2CCOCC2)ccc1OCC(F)(F)F.I. The lowest BCUT2D eigenvalue weighted by Crippen LogP contribution is -2.44. The molecule has 0 spiro atoms. The minimum absolute atomic E-state index is 0. The number of guanidine groups is 1. The number of nitrogens with two attached hydrogens (primary N) is 1. The van der Waals surface area contributed by atoms with Gasteiger partial charge in [0.25, 0.3) is 0 Å². The van der Waals surface area contributed by atoms with Gasteiger partial charge >= 0.3 is 6.18 Å². The van der Waals surface area contributed by atoms with Gasteiger partial charge in [-0.05, 0) is 17.7 Å². The van der Waals surface area contributed by atoms with E-state index in [1.165, 1.54) is 13.2 Å². The van der Waals surface area contributed by atoms with Gasteiger partial charge in [0.15, 0.2) is 24.1 Å². The molecule has 0 aliphatic carbocycles. The maximum absolute atomic E-state index is 12.2. The molecule has 142 valence electrons. The van der Waals surface area contributed by atoms with E-state index in [4.69, 9.17) is 19.9 Å². The molecule has 0 aromatic heterocycles. The molecule has 2 N–H and O–H groups in total. The Hall–Kier alpha value is -1.43. The van der Waals surface area contributed by atoms with Crippen molar-refractivity contribution in [3.8, 4) is 11.5 Å². The predicted molar refractivity (Wildman–Crippen MR) is 97.7 cm³/mol. The number of hydrogen-bond acceptors (Lipinski definition) is 4. The predicted octanol–water partition coefficient (Wildman–Crippen LogP) is 2.40. The largest absolute Gasteiger partial charge is 0.493 e. The monoisotopic (exact) mass is 475 g/mol. The molecule has 2 rings (SSSR count). The highest BCUT2D eigenvalue weighted by Gasteiger charge is 2.29. The molecule has 0 atom stereocenters. The average molecular weight is 475 g/mol. The topological polar surface area (TPSA) is 69.3 Å². The van der Waals surface area contributed by atoms with Crippen molar-refractivity contribution in [2.75, 3.05) is 40.0 Å². The van der Waals surface area contributed by atoms with Gasteiger partial charge in [0.05, 0.1) is 26.9 Å². The summed E-state index contributed by atoms with van der Waals surface area (Å²) in [5.41, 5.74) is 6.68. The molecule has 0 amide bonds. The summed E-state index contributed by atoms with van der Waals surface area (Å²) in [4.78, 5) is 6.22. The van der Waals surface area contributed by atoms with E-state index in [1.54, 1.807) is 12.1 Å². The molecule has 0 saturated carbocycles. The summed E-state index contributed by atoms with van der Waals surface area (Å²) in [6.07, 6.45) is -4.40. The van der Waals surface area contributed by atoms with E-state index < -0.39 is 12.8 Å². The van der Waals surface area contributed by atoms with Gasteiger partial charge in [-0.15, -0.1) is 24.0 Å². The van der Waals surface area contributed by atoms with Crippen molar-refractivity contribution in [2.45, 2.75) is 12.7 Å². The van der Waals surface area contributed by atoms with Crippen LogP contribution in [0.2, 0.25) is 0 Å². The number of hydrogen-bond donors (Lipinski definition) is 1. The second kappa shape index (κ2) is 9.90. The summed E-state index contributed by atoms with van der Waals surface area (Å²) in [7, 11) is 1.37. The zero-order valence-electron chi connectivity index (χ0n) is 13.7. The molecule has 0 unspecified atom stereocenters. The van der Waals surface area contributed by atoms with Crippen LogP contribution in [0.5, 0.6) is 11.5 Å². The standard InChI is InChI=1S/C15H20F3N3O3.HI/c1-22-13-8-11(2-3-12(13)24-10-15(16,17)18)9-20-14(19)21-4-6-23-7-5-21;/h2-3,8H,4-7,9-10H2,1H3,(H2,19,20);1H. The molecule has 1 saturated heterocycles. The zero-order chi connectivity index (χ0) is 17.6. The Kier molecular flexibility index (Phi) is 8.56. The second-order valence-electron chi connectivity index (χ2n) is 5.16. The Labute approximate surface area is 161 Å². The van der Waals surface area contributed by atoms with Crippen molar-refractivity contribution in [2.24, 2.45) is 10.7 Å². The zero-order valence-corrected chi connectivity index (χ0v) is 16.0. The van der Waals surface area contributed by atoms with Crippen LogP contribution >= 0.6 is 24.0 Å². The number of morpholine rings is 1. The van der Waals surface area contributed by atoms with Gasteiger partial charge in [-0.2, -0.15) is 13.2 Å². The number of rotatable bonds is 5. The molecule has 0 radical (unpaired) electrons. The fourth-order valence-electron chi connectivity index (χ4n) is 2.15. The van der Waals surface area contributed by atoms with Gasteiger partial charge in [-0.3, -0.25) is 0 Å². The molecular weight excluding hydrogens is 454 g/mol. The first-order valence-electron chi connectivity index (χ1n) is 7.38. The molecule has 1 aliphatic rings. The van der Waals surface area contributed by atoms with E-state index in [9.17, 15) is 13.2 Å². The minimum atomic E-state index is -4.40. The third-order valence-electron chi connectivity index (χ3n) is 3.38. The van der Waals surface area contributed by atoms with E-state index in [2.05, 4.69) is 4.99 Å². The van der Waals surface area contributed by atoms with Crippen molar-refractivity contribution in [3.63, 3.8) is 0 Å². The Bertz CT molecular complexity index is 579. The van der Waals surface area contributed by atoms with E-state index in [0.29, 0.717) is 38.8 Å². The van der Waals surface area contributed by atoms with Gasteiger partial charge in [0, 0.05) is 13.1 Å². The van der Waals surface area contributed by atoms with Crippen molar-refractivity contribution < 1.29 is 27.4 Å². The molecule has 1 fully saturated rings. The fraction of sp³-hybridized carbons (Fsp3) is 0.533. The number of methoxy groups -OCH3 is 1. The minimum Gasteiger partial charge on any atom is -0.493 e. The van der Waals surface area contributed by atoms with Gasteiger partial charge in [-0.25, -0.2) is 4.99 Å². The van der Waals surface area contributed by atoms with E-state index in [1.807, 2.05) is 4.90 Å². The fourth-order valence-corrected chi connectivity index (χ4v) is 2.15. The molecule has 1 aromatic carbocycles. The second-order valence-corrected chi connectivity index (χ2v) is 5.16. The Morgan fingerprint density at radius 3 is 2.56 bits per heavy atom. The van der Waals surface area contributed by atoms with Crippen molar-refractivity contribution in [1.82, 2.24) is 4.90 Å². The first-order chi connectivity index (χ1) is 11.4. The van der Waals surface area contributed by atoms with Crippen LogP contribution in [-0.4, -0.2) is 57.1 Å². The Balaban J connectivity index is 0.00000312. The van der Waals surface area contributed by atoms with Gasteiger partial charge in [-0.1, -0.05) is 6.07 Å². The summed E-state index contributed by atoms with van der Waals surface area (Å²) in [5.74, 6) is 0.662. The molecule has 1 aliphatic heterocycles. The maximum atomic E-state index is 12.2. The summed E-state index contributed by atoms with van der Waals surface area (Å²) >= 11 is 0. The molecular formula is C15H21F3IN3O3. The molecule has 1 heterocycles. The molecule has 1 aromatic rings. The molecule has 25 heavy (non-hydrogen) atoms. The highest BCUT2D eigenvalue weighted by atomic mass is 127. The maximum Gasteiger partial charge on any atom is 0.422 e. The number of benzene rings is 1. The van der Waals surface area contributed by atoms with Gasteiger partial charge in [0.1, 0.15) is 0 Å². The molecule has 6 nitrogen and oxygen atoms in total. The van der Waals surface area contributed by atoms with Crippen LogP contribution in [0.1, 0.15) is 5.56 Å². The quantitative estimate of drug-likeness (QED) is 0.403. The lowest BCUT2D eigenvalue weighted by atomic mass is 10.2. The first kappa shape index (κ1) is 21.6. The number of aliphatic imine (C=N–C) groups is 1. The number of nitrogens with zero attached hydrogens (tertiary/aromatic N) is 2. The number of alkyl halides is 3. The van der Waals surface area contributed by atoms with E-state index in [-0.39, 0.29) is 35.5 Å². The van der Waals surface area contributed by atoms with Crippen LogP contribution < -0.4 is 15.2 Å². The highest BCUT2D eigenvalue weighted by Crippen LogP contribution is 2.30. The normalized spacial score (nSPS) is 15.5. The van der Waals surface area contributed by atoms with E-state index in [0.717, 1.165) is 5.56 Å². The van der Waals surface area contributed by atoms with Crippen LogP contribution in [0.25, 0.3) is 0 Å². The number of ether oxygens (including phenoxy) is 3. The van der Waals surface area contributed by atoms with Gasteiger partial charge < -0.3 is 24.8 Å². The third-order valence-corrected chi connectivity index (χ3v) is 3.38.